The number of alkyl halides is 2. The van der Waals surface area contributed by atoms with Crippen LogP contribution in [0.1, 0.15) is 30.6 Å². The van der Waals surface area contributed by atoms with Gasteiger partial charge < -0.3 is 15.2 Å². The molecule has 0 spiro atoms. The van der Waals surface area contributed by atoms with Crippen LogP contribution in [-0.2, 0) is 4.79 Å². The monoisotopic (exact) mass is 301 g/mol. The fourth-order valence-corrected chi connectivity index (χ4v) is 1.72. The van der Waals surface area contributed by atoms with Crippen molar-refractivity contribution in [1.82, 2.24) is 5.32 Å². The predicted molar refractivity (Wildman–Crippen MR) is 71.4 cm³/mol. The number of halogens is 2. The van der Waals surface area contributed by atoms with E-state index in [4.69, 9.17) is 5.11 Å². The Morgan fingerprint density at radius 2 is 2.05 bits per heavy atom. The number of carboxylic acids is 1. The lowest BCUT2D eigenvalue weighted by molar-refractivity contribution is -0.140. The van der Waals surface area contributed by atoms with E-state index in [9.17, 15) is 18.4 Å². The van der Waals surface area contributed by atoms with Crippen molar-refractivity contribution in [3.63, 3.8) is 0 Å². The summed E-state index contributed by atoms with van der Waals surface area (Å²) in [6.07, 6.45) is 0.575. The lowest BCUT2D eigenvalue weighted by atomic mass is 9.99. The highest BCUT2D eigenvalue weighted by Gasteiger charge is 2.25. The average Bonchev–Trinajstić information content (AvgIpc) is 2.42. The Kier molecular flexibility index (Phi) is 6.08. The fourth-order valence-electron chi connectivity index (χ4n) is 1.72. The number of hydrogen-bond acceptors (Lipinski definition) is 3. The number of amides is 1. The molecule has 1 aromatic carbocycles. The van der Waals surface area contributed by atoms with Crippen LogP contribution in [0.2, 0.25) is 0 Å². The second-order valence-electron chi connectivity index (χ2n) is 4.58. The molecular weight excluding hydrogens is 284 g/mol. The SMILES string of the molecule is CC[C@H](C)[C@H](NC(=O)c1cccc(OC(F)F)c1)C(=O)O. The van der Waals surface area contributed by atoms with Gasteiger partial charge in [0.05, 0.1) is 0 Å². The van der Waals surface area contributed by atoms with E-state index >= 15 is 0 Å². The van der Waals surface area contributed by atoms with E-state index in [0.717, 1.165) is 6.07 Å². The second-order valence-corrected chi connectivity index (χ2v) is 4.58. The third kappa shape index (κ3) is 5.02. The molecule has 0 aliphatic rings. The first-order valence-corrected chi connectivity index (χ1v) is 6.43. The van der Waals surface area contributed by atoms with Crippen molar-refractivity contribution >= 4 is 11.9 Å². The molecule has 0 unspecified atom stereocenters. The van der Waals surface area contributed by atoms with Gasteiger partial charge in [0.25, 0.3) is 5.91 Å². The molecule has 116 valence electrons. The summed E-state index contributed by atoms with van der Waals surface area (Å²) >= 11 is 0. The van der Waals surface area contributed by atoms with Gasteiger partial charge in [-0.15, -0.1) is 0 Å². The molecule has 2 atom stereocenters. The highest BCUT2D eigenvalue weighted by atomic mass is 19.3. The van der Waals surface area contributed by atoms with Gasteiger partial charge in [-0.3, -0.25) is 4.79 Å². The Labute approximate surface area is 120 Å². The summed E-state index contributed by atoms with van der Waals surface area (Å²) in [5.74, 6) is -2.21. The number of carboxylic acid groups (broad SMARTS) is 1. The van der Waals surface area contributed by atoms with Crippen LogP contribution in [0.25, 0.3) is 0 Å². The Morgan fingerprint density at radius 1 is 1.38 bits per heavy atom. The normalized spacial score (nSPS) is 13.6. The number of ether oxygens (including phenoxy) is 1. The van der Waals surface area contributed by atoms with E-state index < -0.39 is 24.5 Å². The minimum atomic E-state index is -2.99. The predicted octanol–water partition coefficient (Wildman–Crippen LogP) is 2.52. The molecule has 0 aromatic heterocycles. The molecule has 0 heterocycles. The minimum Gasteiger partial charge on any atom is -0.480 e. The van der Waals surface area contributed by atoms with Gasteiger partial charge in [-0.05, 0) is 24.1 Å². The Morgan fingerprint density at radius 3 is 2.57 bits per heavy atom. The Balaban J connectivity index is 2.85. The number of carbonyl (C=O) groups is 2. The first-order chi connectivity index (χ1) is 9.85. The summed E-state index contributed by atoms with van der Waals surface area (Å²) in [4.78, 5) is 23.1. The topological polar surface area (TPSA) is 75.6 Å². The molecule has 0 aliphatic carbocycles. The zero-order valence-electron chi connectivity index (χ0n) is 11.7. The van der Waals surface area contributed by atoms with E-state index in [-0.39, 0.29) is 17.2 Å². The molecule has 0 bridgehead atoms. The number of rotatable bonds is 7. The van der Waals surface area contributed by atoms with Crippen molar-refractivity contribution in [2.75, 3.05) is 0 Å². The van der Waals surface area contributed by atoms with Gasteiger partial charge in [0.2, 0.25) is 0 Å². The molecule has 0 saturated heterocycles. The molecule has 2 N–H and O–H groups in total. The van der Waals surface area contributed by atoms with Crippen LogP contribution in [0.3, 0.4) is 0 Å². The molecule has 0 aliphatic heterocycles. The van der Waals surface area contributed by atoms with Crippen molar-refractivity contribution in [2.45, 2.75) is 32.9 Å². The van der Waals surface area contributed by atoms with Gasteiger partial charge in [0.15, 0.2) is 0 Å². The van der Waals surface area contributed by atoms with Crippen LogP contribution in [0.5, 0.6) is 5.75 Å². The first-order valence-electron chi connectivity index (χ1n) is 6.43. The Bertz CT molecular complexity index is 508. The van der Waals surface area contributed by atoms with Crippen molar-refractivity contribution in [2.24, 2.45) is 5.92 Å². The molecule has 1 amide bonds. The van der Waals surface area contributed by atoms with E-state index in [1.807, 2.05) is 6.92 Å². The standard InChI is InChI=1S/C14H17F2NO4/c1-3-8(2)11(13(19)20)17-12(18)9-5-4-6-10(7-9)21-14(15)16/h4-8,11,14H,3H2,1-2H3,(H,17,18)(H,19,20)/t8-,11-/m0/s1. The van der Waals surface area contributed by atoms with Crippen molar-refractivity contribution in [3.05, 3.63) is 29.8 Å². The smallest absolute Gasteiger partial charge is 0.387 e. The zero-order chi connectivity index (χ0) is 16.0. The summed E-state index contributed by atoms with van der Waals surface area (Å²) in [7, 11) is 0. The highest BCUT2D eigenvalue weighted by molar-refractivity contribution is 5.96. The molecule has 21 heavy (non-hydrogen) atoms. The number of nitrogens with one attached hydrogen (secondary N) is 1. The van der Waals surface area contributed by atoms with E-state index in [1.165, 1.54) is 18.2 Å². The maximum absolute atomic E-state index is 12.1. The number of benzene rings is 1. The van der Waals surface area contributed by atoms with Crippen LogP contribution < -0.4 is 10.1 Å². The lowest BCUT2D eigenvalue weighted by Gasteiger charge is -2.20. The number of hydrogen-bond donors (Lipinski definition) is 2. The fraction of sp³-hybridized carbons (Fsp3) is 0.429. The largest absolute Gasteiger partial charge is 0.480 e. The number of aliphatic carboxylic acids is 1. The van der Waals surface area contributed by atoms with Gasteiger partial charge in [-0.25, -0.2) is 4.79 Å². The highest BCUT2D eigenvalue weighted by Crippen LogP contribution is 2.16. The third-order valence-corrected chi connectivity index (χ3v) is 3.09. The number of carbonyl (C=O) groups excluding carboxylic acids is 1. The summed E-state index contributed by atoms with van der Waals surface area (Å²) in [6, 6.07) is 4.15. The summed E-state index contributed by atoms with van der Waals surface area (Å²) in [5, 5.41) is 11.5. The van der Waals surface area contributed by atoms with Crippen LogP contribution in [0.4, 0.5) is 8.78 Å². The van der Waals surface area contributed by atoms with Gasteiger partial charge in [-0.2, -0.15) is 8.78 Å². The third-order valence-electron chi connectivity index (χ3n) is 3.09. The summed E-state index contributed by atoms with van der Waals surface area (Å²) in [6.45, 7) is 0.523. The van der Waals surface area contributed by atoms with Crippen LogP contribution >= 0.6 is 0 Å². The average molecular weight is 301 g/mol. The molecular formula is C14H17F2NO4. The first kappa shape index (κ1) is 16.9. The van der Waals surface area contributed by atoms with Crippen molar-refractivity contribution in [1.29, 1.82) is 0 Å². The molecule has 5 nitrogen and oxygen atoms in total. The molecule has 1 aromatic rings. The van der Waals surface area contributed by atoms with Crippen molar-refractivity contribution in [3.8, 4) is 5.75 Å². The van der Waals surface area contributed by atoms with Crippen LogP contribution in [0, 0.1) is 5.92 Å². The molecule has 0 radical (unpaired) electrons. The molecule has 7 heteroatoms. The lowest BCUT2D eigenvalue weighted by Crippen LogP contribution is -2.45. The Hall–Kier alpha value is -2.18. The zero-order valence-corrected chi connectivity index (χ0v) is 11.7. The minimum absolute atomic E-state index is 0.0581. The molecule has 1 rings (SSSR count). The maximum Gasteiger partial charge on any atom is 0.387 e. The van der Waals surface area contributed by atoms with E-state index in [0.29, 0.717) is 6.42 Å². The van der Waals surface area contributed by atoms with Crippen LogP contribution in [-0.4, -0.2) is 29.6 Å². The van der Waals surface area contributed by atoms with E-state index in [2.05, 4.69) is 10.1 Å². The van der Waals surface area contributed by atoms with Gasteiger partial charge in [-0.1, -0.05) is 26.3 Å². The summed E-state index contributed by atoms with van der Waals surface area (Å²) in [5.41, 5.74) is 0.0581. The van der Waals surface area contributed by atoms with Gasteiger partial charge in [0, 0.05) is 5.56 Å². The van der Waals surface area contributed by atoms with Crippen molar-refractivity contribution < 1.29 is 28.2 Å². The summed E-state index contributed by atoms with van der Waals surface area (Å²) < 4.78 is 28.4. The second kappa shape index (κ2) is 7.56. The van der Waals surface area contributed by atoms with E-state index in [1.54, 1.807) is 6.92 Å². The van der Waals surface area contributed by atoms with Gasteiger partial charge >= 0.3 is 12.6 Å². The quantitative estimate of drug-likeness (QED) is 0.811. The molecule has 0 fully saturated rings. The maximum atomic E-state index is 12.1. The molecule has 0 saturated carbocycles. The van der Waals surface area contributed by atoms with Crippen LogP contribution in [0.15, 0.2) is 24.3 Å². The van der Waals surface area contributed by atoms with Gasteiger partial charge in [0.1, 0.15) is 11.8 Å².